The van der Waals surface area contributed by atoms with Gasteiger partial charge in [0.1, 0.15) is 0 Å². The summed E-state index contributed by atoms with van der Waals surface area (Å²) in [6.45, 7) is 3.99. The van der Waals surface area contributed by atoms with Crippen molar-refractivity contribution in [3.05, 3.63) is 35.4 Å². The van der Waals surface area contributed by atoms with Crippen LogP contribution in [0.5, 0.6) is 0 Å². The van der Waals surface area contributed by atoms with E-state index in [0.717, 1.165) is 32.2 Å². The SMILES string of the molecule is c1cc(CNCC2CCCOC2)cc(C2CC2)c1. The van der Waals surface area contributed by atoms with Crippen molar-refractivity contribution in [1.82, 2.24) is 5.32 Å². The first-order valence-corrected chi connectivity index (χ1v) is 7.29. The van der Waals surface area contributed by atoms with E-state index in [1.807, 2.05) is 0 Å². The molecule has 0 aromatic heterocycles. The third-order valence-corrected chi connectivity index (χ3v) is 4.02. The molecule has 98 valence electrons. The van der Waals surface area contributed by atoms with Crippen LogP contribution < -0.4 is 5.32 Å². The quantitative estimate of drug-likeness (QED) is 0.860. The van der Waals surface area contributed by atoms with Crippen molar-refractivity contribution >= 4 is 0 Å². The first-order valence-electron chi connectivity index (χ1n) is 7.29. The topological polar surface area (TPSA) is 21.3 Å². The summed E-state index contributed by atoms with van der Waals surface area (Å²) < 4.78 is 5.50. The van der Waals surface area contributed by atoms with Gasteiger partial charge in [-0.05, 0) is 48.6 Å². The van der Waals surface area contributed by atoms with Crippen molar-refractivity contribution in [2.75, 3.05) is 19.8 Å². The average molecular weight is 245 g/mol. The fourth-order valence-corrected chi connectivity index (χ4v) is 2.76. The second-order valence-electron chi connectivity index (χ2n) is 5.73. The molecule has 1 aliphatic carbocycles. The maximum Gasteiger partial charge on any atom is 0.0506 e. The van der Waals surface area contributed by atoms with Gasteiger partial charge in [-0.3, -0.25) is 0 Å². The van der Waals surface area contributed by atoms with Gasteiger partial charge >= 0.3 is 0 Å². The molecular formula is C16H23NO. The van der Waals surface area contributed by atoms with Gasteiger partial charge in [-0.25, -0.2) is 0 Å². The van der Waals surface area contributed by atoms with E-state index in [-0.39, 0.29) is 0 Å². The van der Waals surface area contributed by atoms with Crippen molar-refractivity contribution in [3.8, 4) is 0 Å². The molecule has 2 nitrogen and oxygen atoms in total. The molecule has 1 N–H and O–H groups in total. The van der Waals surface area contributed by atoms with Crippen molar-refractivity contribution in [1.29, 1.82) is 0 Å². The van der Waals surface area contributed by atoms with Crippen molar-refractivity contribution in [2.45, 2.75) is 38.1 Å². The first kappa shape index (κ1) is 12.2. The van der Waals surface area contributed by atoms with Crippen molar-refractivity contribution < 1.29 is 4.74 Å². The minimum atomic E-state index is 0.713. The smallest absolute Gasteiger partial charge is 0.0506 e. The molecule has 1 atom stereocenters. The highest BCUT2D eigenvalue weighted by Crippen LogP contribution is 2.40. The molecule has 1 aromatic rings. The van der Waals surface area contributed by atoms with Crippen LogP contribution in [0.25, 0.3) is 0 Å². The van der Waals surface area contributed by atoms with E-state index < -0.39 is 0 Å². The van der Waals surface area contributed by atoms with E-state index >= 15 is 0 Å². The molecule has 1 aliphatic heterocycles. The van der Waals surface area contributed by atoms with Crippen LogP contribution in [0.1, 0.15) is 42.7 Å². The minimum Gasteiger partial charge on any atom is -0.381 e. The first-order chi connectivity index (χ1) is 8.92. The van der Waals surface area contributed by atoms with Gasteiger partial charge in [0.25, 0.3) is 0 Å². The van der Waals surface area contributed by atoms with E-state index in [9.17, 15) is 0 Å². The van der Waals surface area contributed by atoms with Gasteiger partial charge in [-0.15, -0.1) is 0 Å². The lowest BCUT2D eigenvalue weighted by Gasteiger charge is -2.22. The van der Waals surface area contributed by atoms with Gasteiger partial charge in [-0.2, -0.15) is 0 Å². The van der Waals surface area contributed by atoms with Crippen LogP contribution in [0.4, 0.5) is 0 Å². The average Bonchev–Trinajstić information content (AvgIpc) is 3.25. The molecule has 1 heterocycles. The number of benzene rings is 1. The van der Waals surface area contributed by atoms with Crippen LogP contribution in [0.3, 0.4) is 0 Å². The Bertz CT molecular complexity index is 380. The highest BCUT2D eigenvalue weighted by atomic mass is 16.5. The fraction of sp³-hybridized carbons (Fsp3) is 0.625. The molecule has 0 amide bonds. The number of ether oxygens (including phenoxy) is 1. The van der Waals surface area contributed by atoms with Crippen molar-refractivity contribution in [2.24, 2.45) is 5.92 Å². The highest BCUT2D eigenvalue weighted by molar-refractivity contribution is 5.29. The van der Waals surface area contributed by atoms with E-state index in [1.54, 1.807) is 0 Å². The van der Waals surface area contributed by atoms with E-state index in [2.05, 4.69) is 29.6 Å². The number of nitrogens with one attached hydrogen (secondary N) is 1. The summed E-state index contributed by atoms with van der Waals surface area (Å²) in [4.78, 5) is 0. The molecular weight excluding hydrogens is 222 g/mol. The fourth-order valence-electron chi connectivity index (χ4n) is 2.76. The number of hydrogen-bond donors (Lipinski definition) is 1. The molecule has 2 heteroatoms. The third-order valence-electron chi connectivity index (χ3n) is 4.02. The Hall–Kier alpha value is -0.860. The lowest BCUT2D eigenvalue weighted by atomic mass is 10.0. The summed E-state index contributed by atoms with van der Waals surface area (Å²) in [6.07, 6.45) is 5.31. The number of rotatable bonds is 5. The monoisotopic (exact) mass is 245 g/mol. The lowest BCUT2D eigenvalue weighted by molar-refractivity contribution is 0.0547. The zero-order valence-electron chi connectivity index (χ0n) is 11.0. The molecule has 2 fully saturated rings. The molecule has 1 saturated heterocycles. The summed E-state index contributed by atoms with van der Waals surface area (Å²) in [6, 6.07) is 9.09. The predicted molar refractivity (Wildman–Crippen MR) is 73.7 cm³/mol. The lowest BCUT2D eigenvalue weighted by Crippen LogP contribution is -2.28. The standard InChI is InChI=1S/C16H23NO/c1-3-13(9-16(5-1)15-6-7-15)10-17-11-14-4-2-8-18-12-14/h1,3,5,9,14-15,17H,2,4,6-8,10-12H2. The predicted octanol–water partition coefficient (Wildman–Crippen LogP) is 3.08. The van der Waals surface area contributed by atoms with Gasteiger partial charge in [0.15, 0.2) is 0 Å². The normalized spacial score (nSPS) is 24.1. The molecule has 0 radical (unpaired) electrons. The van der Waals surface area contributed by atoms with E-state index in [4.69, 9.17) is 4.74 Å². The summed E-state index contributed by atoms with van der Waals surface area (Å²) >= 11 is 0. The Morgan fingerprint density at radius 3 is 2.94 bits per heavy atom. The van der Waals surface area contributed by atoms with E-state index in [1.165, 1.54) is 36.8 Å². The Balaban J connectivity index is 1.45. The Morgan fingerprint density at radius 2 is 2.17 bits per heavy atom. The van der Waals surface area contributed by atoms with Crippen LogP contribution in [0.2, 0.25) is 0 Å². The van der Waals surface area contributed by atoms with Gasteiger partial charge in [-0.1, -0.05) is 24.3 Å². The summed E-state index contributed by atoms with van der Waals surface area (Å²) in [5, 5.41) is 3.58. The van der Waals surface area contributed by atoms with Crippen molar-refractivity contribution in [3.63, 3.8) is 0 Å². The molecule has 1 saturated carbocycles. The van der Waals surface area contributed by atoms with Crippen LogP contribution in [-0.2, 0) is 11.3 Å². The zero-order valence-corrected chi connectivity index (χ0v) is 11.0. The molecule has 3 rings (SSSR count). The second-order valence-corrected chi connectivity index (χ2v) is 5.73. The minimum absolute atomic E-state index is 0.713. The second kappa shape index (κ2) is 5.85. The third kappa shape index (κ3) is 3.33. The van der Waals surface area contributed by atoms with Gasteiger partial charge in [0.2, 0.25) is 0 Å². The Morgan fingerprint density at radius 1 is 1.22 bits per heavy atom. The highest BCUT2D eigenvalue weighted by Gasteiger charge is 2.23. The molecule has 1 unspecified atom stereocenters. The molecule has 18 heavy (non-hydrogen) atoms. The van der Waals surface area contributed by atoms with Gasteiger partial charge in [0, 0.05) is 19.7 Å². The molecule has 2 aliphatic rings. The van der Waals surface area contributed by atoms with Crippen LogP contribution in [0, 0.1) is 5.92 Å². The molecule has 1 aromatic carbocycles. The largest absolute Gasteiger partial charge is 0.381 e. The summed E-state index contributed by atoms with van der Waals surface area (Å²) in [7, 11) is 0. The Labute approximate surface area is 110 Å². The van der Waals surface area contributed by atoms with E-state index in [0.29, 0.717) is 5.92 Å². The summed E-state index contributed by atoms with van der Waals surface area (Å²) in [5.41, 5.74) is 2.96. The van der Waals surface area contributed by atoms with Crippen LogP contribution in [-0.4, -0.2) is 19.8 Å². The van der Waals surface area contributed by atoms with Gasteiger partial charge in [0.05, 0.1) is 6.61 Å². The zero-order chi connectivity index (χ0) is 12.2. The Kier molecular flexibility index (Phi) is 3.96. The summed E-state index contributed by atoms with van der Waals surface area (Å²) in [5.74, 6) is 1.57. The maximum atomic E-state index is 5.50. The number of hydrogen-bond acceptors (Lipinski definition) is 2. The molecule has 0 bridgehead atoms. The molecule has 0 spiro atoms. The van der Waals surface area contributed by atoms with Crippen LogP contribution >= 0.6 is 0 Å². The maximum absolute atomic E-state index is 5.50. The van der Waals surface area contributed by atoms with Gasteiger partial charge < -0.3 is 10.1 Å². The van der Waals surface area contributed by atoms with Crippen LogP contribution in [0.15, 0.2) is 24.3 Å².